The van der Waals surface area contributed by atoms with Crippen LogP contribution in [0.5, 0.6) is 0 Å². The highest BCUT2D eigenvalue weighted by molar-refractivity contribution is 14.0. The number of nitrogens with one attached hydrogen (secondary N) is 2. The van der Waals surface area contributed by atoms with E-state index >= 15 is 0 Å². The highest BCUT2D eigenvalue weighted by Crippen LogP contribution is 2.30. The van der Waals surface area contributed by atoms with Crippen molar-refractivity contribution in [1.29, 1.82) is 0 Å². The molecule has 27 heavy (non-hydrogen) atoms. The van der Waals surface area contributed by atoms with E-state index in [0.29, 0.717) is 42.2 Å². The molecule has 0 unspecified atom stereocenters. The highest BCUT2D eigenvalue weighted by Gasteiger charge is 2.33. The number of hydrogen-bond acceptors (Lipinski definition) is 4. The second kappa shape index (κ2) is 11.6. The Morgan fingerprint density at radius 2 is 2.04 bits per heavy atom. The molecule has 0 aliphatic heterocycles. The quantitative estimate of drug-likeness (QED) is 0.243. The zero-order valence-electron chi connectivity index (χ0n) is 14.5. The van der Waals surface area contributed by atoms with E-state index in [4.69, 9.17) is 11.6 Å². The normalized spacial score (nSPS) is 11.8. The molecule has 11 heteroatoms. The van der Waals surface area contributed by atoms with Gasteiger partial charge >= 0.3 is 6.18 Å². The van der Waals surface area contributed by atoms with E-state index in [9.17, 15) is 13.2 Å². The number of hydrogen-bond donors (Lipinski definition) is 2. The Morgan fingerprint density at radius 1 is 1.26 bits per heavy atom. The van der Waals surface area contributed by atoms with Gasteiger partial charge in [0, 0.05) is 37.6 Å². The third-order valence-electron chi connectivity index (χ3n) is 3.28. The summed E-state index contributed by atoms with van der Waals surface area (Å²) in [5, 5.41) is 8.18. The van der Waals surface area contributed by atoms with Gasteiger partial charge in [0.15, 0.2) is 11.7 Å². The first kappa shape index (κ1) is 23.9. The van der Waals surface area contributed by atoms with Gasteiger partial charge in [-0.1, -0.05) is 17.7 Å². The molecule has 0 saturated carbocycles. The van der Waals surface area contributed by atoms with Crippen molar-refractivity contribution in [2.24, 2.45) is 4.99 Å². The number of halogens is 5. The molecule has 0 radical (unpaired) electrons. The van der Waals surface area contributed by atoms with Gasteiger partial charge < -0.3 is 10.6 Å². The lowest BCUT2D eigenvalue weighted by atomic mass is 10.2. The monoisotopic (exact) mass is 533 g/mol. The number of thiazole rings is 1. The molecular formula is C16H20ClF3IN5S. The standard InChI is InChI=1S/C16H19ClF3N5S.HI/c1-2-21-15(22-7-5-11-3-4-13(17)24-9-11)23-8-6-14-25-12(10-26-14)16(18,19)20;/h3-4,9-10H,2,5-8H2,1H3,(H2,21,22,23);1H. The van der Waals surface area contributed by atoms with Crippen LogP contribution in [0.15, 0.2) is 28.7 Å². The first-order valence-electron chi connectivity index (χ1n) is 8.02. The van der Waals surface area contributed by atoms with Crippen LogP contribution in [0, 0.1) is 0 Å². The van der Waals surface area contributed by atoms with Gasteiger partial charge in [0.1, 0.15) is 5.15 Å². The molecule has 2 heterocycles. The number of aromatic nitrogens is 2. The molecule has 150 valence electrons. The number of nitrogens with zero attached hydrogens (tertiary/aromatic N) is 3. The van der Waals surface area contributed by atoms with E-state index in [1.807, 2.05) is 13.0 Å². The lowest BCUT2D eigenvalue weighted by Crippen LogP contribution is -2.38. The summed E-state index contributed by atoms with van der Waals surface area (Å²) in [7, 11) is 0. The Kier molecular flexibility index (Phi) is 10.3. The molecule has 0 amide bonds. The van der Waals surface area contributed by atoms with Crippen LogP contribution in [0.4, 0.5) is 13.2 Å². The van der Waals surface area contributed by atoms with Crippen molar-refractivity contribution in [3.63, 3.8) is 0 Å². The maximum absolute atomic E-state index is 12.5. The number of pyridine rings is 1. The van der Waals surface area contributed by atoms with Crippen LogP contribution in [-0.4, -0.2) is 35.6 Å². The van der Waals surface area contributed by atoms with E-state index in [0.717, 1.165) is 28.7 Å². The van der Waals surface area contributed by atoms with Gasteiger partial charge in [0.2, 0.25) is 0 Å². The molecule has 0 bridgehead atoms. The van der Waals surface area contributed by atoms with E-state index in [1.54, 1.807) is 12.3 Å². The second-order valence-corrected chi connectivity index (χ2v) is 6.63. The number of rotatable bonds is 7. The molecule has 2 N–H and O–H groups in total. The van der Waals surface area contributed by atoms with Crippen molar-refractivity contribution < 1.29 is 13.2 Å². The smallest absolute Gasteiger partial charge is 0.357 e. The molecule has 0 fully saturated rings. The third kappa shape index (κ3) is 8.60. The maximum Gasteiger partial charge on any atom is 0.434 e. The molecule has 5 nitrogen and oxygen atoms in total. The maximum atomic E-state index is 12.5. The SMILES string of the molecule is CCNC(=NCCc1nc(C(F)(F)F)cs1)NCCc1ccc(Cl)nc1.I. The van der Waals surface area contributed by atoms with Gasteiger partial charge in [-0.15, -0.1) is 35.3 Å². The molecular weight excluding hydrogens is 514 g/mol. The second-order valence-electron chi connectivity index (χ2n) is 5.30. The summed E-state index contributed by atoms with van der Waals surface area (Å²) in [4.78, 5) is 12.0. The average Bonchev–Trinajstić information content (AvgIpc) is 3.06. The molecule has 2 aromatic heterocycles. The number of alkyl halides is 3. The largest absolute Gasteiger partial charge is 0.434 e. The van der Waals surface area contributed by atoms with Crippen LogP contribution < -0.4 is 10.6 Å². The van der Waals surface area contributed by atoms with Gasteiger partial charge in [0.05, 0.1) is 5.01 Å². The Morgan fingerprint density at radius 3 is 2.63 bits per heavy atom. The van der Waals surface area contributed by atoms with Crippen molar-refractivity contribution in [3.8, 4) is 0 Å². The minimum Gasteiger partial charge on any atom is -0.357 e. The van der Waals surface area contributed by atoms with Crippen molar-refractivity contribution in [3.05, 3.63) is 45.1 Å². The third-order valence-corrected chi connectivity index (χ3v) is 4.41. The van der Waals surface area contributed by atoms with Crippen LogP contribution in [0.3, 0.4) is 0 Å². The number of guanidine groups is 1. The predicted octanol–water partition coefficient (Wildman–Crippen LogP) is 4.17. The summed E-state index contributed by atoms with van der Waals surface area (Å²) in [6.45, 7) is 3.62. The zero-order chi connectivity index (χ0) is 19.0. The fourth-order valence-electron chi connectivity index (χ4n) is 2.04. The van der Waals surface area contributed by atoms with Gasteiger partial charge in [-0.25, -0.2) is 9.97 Å². The van der Waals surface area contributed by atoms with Crippen molar-refractivity contribution in [1.82, 2.24) is 20.6 Å². The van der Waals surface area contributed by atoms with Crippen molar-refractivity contribution >= 4 is 52.9 Å². The summed E-state index contributed by atoms with van der Waals surface area (Å²) in [6, 6.07) is 3.64. The Labute approximate surface area is 181 Å². The molecule has 0 atom stereocenters. The lowest BCUT2D eigenvalue weighted by Gasteiger charge is -2.11. The Bertz CT molecular complexity index is 722. The minimum atomic E-state index is -4.40. The Balaban J connectivity index is 0.00000364. The zero-order valence-corrected chi connectivity index (χ0v) is 18.4. The van der Waals surface area contributed by atoms with Gasteiger partial charge in [-0.3, -0.25) is 4.99 Å². The Hall–Kier alpha value is -1.14. The van der Waals surface area contributed by atoms with Crippen LogP contribution in [0.25, 0.3) is 0 Å². The minimum absolute atomic E-state index is 0. The number of aliphatic imine (C=N–C) groups is 1. The topological polar surface area (TPSA) is 62.2 Å². The first-order chi connectivity index (χ1) is 12.4. The summed E-state index contributed by atoms with van der Waals surface area (Å²) in [6.07, 6.45) is -1.58. The molecule has 0 spiro atoms. The van der Waals surface area contributed by atoms with Crippen molar-refractivity contribution in [2.75, 3.05) is 19.6 Å². The van der Waals surface area contributed by atoms with E-state index in [-0.39, 0.29) is 24.0 Å². The first-order valence-corrected chi connectivity index (χ1v) is 9.28. The van der Waals surface area contributed by atoms with Gasteiger partial charge in [0.25, 0.3) is 0 Å². The summed E-state index contributed by atoms with van der Waals surface area (Å²) < 4.78 is 37.6. The van der Waals surface area contributed by atoms with Crippen LogP contribution in [0.1, 0.15) is 23.2 Å². The van der Waals surface area contributed by atoms with E-state index < -0.39 is 11.9 Å². The van der Waals surface area contributed by atoms with Crippen LogP contribution in [-0.2, 0) is 19.0 Å². The highest BCUT2D eigenvalue weighted by atomic mass is 127. The molecule has 0 aromatic carbocycles. The lowest BCUT2D eigenvalue weighted by molar-refractivity contribution is -0.140. The van der Waals surface area contributed by atoms with E-state index in [2.05, 4.69) is 25.6 Å². The summed E-state index contributed by atoms with van der Waals surface area (Å²) in [5.41, 5.74) is 0.197. The fraction of sp³-hybridized carbons (Fsp3) is 0.438. The fourth-order valence-corrected chi connectivity index (χ4v) is 2.95. The summed E-state index contributed by atoms with van der Waals surface area (Å²) >= 11 is 6.75. The van der Waals surface area contributed by atoms with E-state index in [1.165, 1.54) is 0 Å². The molecule has 2 rings (SSSR count). The predicted molar refractivity (Wildman–Crippen MR) is 113 cm³/mol. The van der Waals surface area contributed by atoms with Gasteiger partial charge in [-0.2, -0.15) is 13.2 Å². The molecule has 0 aliphatic rings. The van der Waals surface area contributed by atoms with Gasteiger partial charge in [-0.05, 0) is 25.0 Å². The van der Waals surface area contributed by atoms with Crippen LogP contribution >= 0.6 is 46.9 Å². The average molecular weight is 534 g/mol. The van der Waals surface area contributed by atoms with Crippen LogP contribution in [0.2, 0.25) is 5.15 Å². The molecule has 0 aliphatic carbocycles. The van der Waals surface area contributed by atoms with Crippen molar-refractivity contribution in [2.45, 2.75) is 25.9 Å². The molecule has 2 aromatic rings. The summed E-state index contributed by atoms with van der Waals surface area (Å²) in [5.74, 6) is 0.613. The molecule has 0 saturated heterocycles.